The largest absolute Gasteiger partial charge is 0.497 e. The number of hydrogen-bond donors (Lipinski definition) is 1. The fourth-order valence-corrected chi connectivity index (χ4v) is 5.17. The Labute approximate surface area is 225 Å². The molecule has 8 nitrogen and oxygen atoms in total. The molecule has 0 radical (unpaired) electrons. The standard InChI is InChI=1S/C29H37N3O5S/c1-6-21(3)30-29(34)26(7-2)31(19-22-15-17-24(37-4)18-16-22)28(33)20-32(38(5,35)36)27-14-10-12-23-11-8-9-13-25(23)27/h8-18,21,26H,6-7,19-20H2,1-5H3,(H,30,34)/t21-,26-/m0/s1. The molecule has 0 saturated carbocycles. The number of fused-ring (bicyclic) bond motifs is 1. The molecule has 38 heavy (non-hydrogen) atoms. The molecule has 0 unspecified atom stereocenters. The Kier molecular flexibility index (Phi) is 9.74. The lowest BCUT2D eigenvalue weighted by Gasteiger charge is -2.33. The lowest BCUT2D eigenvalue weighted by molar-refractivity contribution is -0.140. The van der Waals surface area contributed by atoms with Crippen molar-refractivity contribution in [3.8, 4) is 5.75 Å². The third-order valence-corrected chi connectivity index (χ3v) is 7.74. The summed E-state index contributed by atoms with van der Waals surface area (Å²) >= 11 is 0. The van der Waals surface area contributed by atoms with Crippen LogP contribution in [0.5, 0.6) is 5.75 Å². The molecule has 0 aliphatic rings. The Balaban J connectivity index is 2.01. The molecule has 0 saturated heterocycles. The number of hydrogen-bond acceptors (Lipinski definition) is 5. The molecule has 0 spiro atoms. The summed E-state index contributed by atoms with van der Waals surface area (Å²) in [7, 11) is -2.25. The van der Waals surface area contributed by atoms with Crippen molar-refractivity contribution in [1.29, 1.82) is 0 Å². The van der Waals surface area contributed by atoms with Gasteiger partial charge < -0.3 is 15.0 Å². The lowest BCUT2D eigenvalue weighted by Crippen LogP contribution is -2.53. The van der Waals surface area contributed by atoms with E-state index in [2.05, 4.69) is 5.32 Å². The molecule has 0 heterocycles. The van der Waals surface area contributed by atoms with Gasteiger partial charge in [0.25, 0.3) is 0 Å². The number of carbonyl (C=O) groups excluding carboxylic acids is 2. The van der Waals surface area contributed by atoms with Crippen LogP contribution in [0.2, 0.25) is 0 Å². The van der Waals surface area contributed by atoms with Crippen LogP contribution in [0.4, 0.5) is 5.69 Å². The van der Waals surface area contributed by atoms with Gasteiger partial charge in [0.1, 0.15) is 18.3 Å². The van der Waals surface area contributed by atoms with E-state index in [1.165, 1.54) is 4.90 Å². The van der Waals surface area contributed by atoms with Crippen molar-refractivity contribution in [3.63, 3.8) is 0 Å². The Morgan fingerprint density at radius 1 is 0.947 bits per heavy atom. The van der Waals surface area contributed by atoms with E-state index >= 15 is 0 Å². The molecular weight excluding hydrogens is 502 g/mol. The summed E-state index contributed by atoms with van der Waals surface area (Å²) in [6, 6.07) is 19.2. The van der Waals surface area contributed by atoms with Crippen LogP contribution in [0.3, 0.4) is 0 Å². The molecule has 0 aliphatic carbocycles. The zero-order chi connectivity index (χ0) is 27.9. The number of anilines is 1. The predicted octanol–water partition coefficient (Wildman–Crippen LogP) is 4.34. The van der Waals surface area contributed by atoms with Gasteiger partial charge in [-0.3, -0.25) is 13.9 Å². The zero-order valence-electron chi connectivity index (χ0n) is 22.7. The number of benzene rings is 3. The molecule has 0 bridgehead atoms. The summed E-state index contributed by atoms with van der Waals surface area (Å²) in [5, 5.41) is 4.56. The minimum absolute atomic E-state index is 0.0577. The van der Waals surface area contributed by atoms with Gasteiger partial charge in [-0.15, -0.1) is 0 Å². The first kappa shape index (κ1) is 29.0. The monoisotopic (exact) mass is 539 g/mol. The first-order valence-corrected chi connectivity index (χ1v) is 14.6. The van der Waals surface area contributed by atoms with Crippen molar-refractivity contribution in [1.82, 2.24) is 10.2 Å². The van der Waals surface area contributed by atoms with Crippen molar-refractivity contribution >= 4 is 38.3 Å². The average molecular weight is 540 g/mol. The number of methoxy groups -OCH3 is 1. The van der Waals surface area contributed by atoms with Gasteiger partial charge in [-0.1, -0.05) is 62.4 Å². The van der Waals surface area contributed by atoms with Crippen LogP contribution in [0.25, 0.3) is 10.8 Å². The molecule has 0 fully saturated rings. The molecule has 2 amide bonds. The summed E-state index contributed by atoms with van der Waals surface area (Å²) in [6.45, 7) is 5.43. The second kappa shape index (κ2) is 12.8. The van der Waals surface area contributed by atoms with Gasteiger partial charge in [0.2, 0.25) is 21.8 Å². The van der Waals surface area contributed by atoms with E-state index in [-0.39, 0.29) is 18.5 Å². The van der Waals surface area contributed by atoms with Gasteiger partial charge >= 0.3 is 0 Å². The van der Waals surface area contributed by atoms with Crippen molar-refractivity contribution in [2.75, 3.05) is 24.2 Å². The zero-order valence-corrected chi connectivity index (χ0v) is 23.5. The highest BCUT2D eigenvalue weighted by Crippen LogP contribution is 2.29. The van der Waals surface area contributed by atoms with Crippen LogP contribution in [-0.4, -0.2) is 57.1 Å². The highest BCUT2D eigenvalue weighted by Gasteiger charge is 2.32. The Morgan fingerprint density at radius 3 is 2.21 bits per heavy atom. The summed E-state index contributed by atoms with van der Waals surface area (Å²) in [4.78, 5) is 28.6. The topological polar surface area (TPSA) is 96.0 Å². The van der Waals surface area contributed by atoms with E-state index in [1.54, 1.807) is 31.4 Å². The third-order valence-electron chi connectivity index (χ3n) is 6.61. The maximum atomic E-state index is 13.9. The van der Waals surface area contributed by atoms with Crippen molar-refractivity contribution in [2.45, 2.75) is 52.2 Å². The van der Waals surface area contributed by atoms with E-state index in [1.807, 2.05) is 63.2 Å². The van der Waals surface area contributed by atoms with Gasteiger partial charge in [-0.2, -0.15) is 0 Å². The first-order valence-electron chi connectivity index (χ1n) is 12.8. The number of nitrogens with zero attached hydrogens (tertiary/aromatic N) is 2. The molecule has 9 heteroatoms. The van der Waals surface area contributed by atoms with Crippen molar-refractivity contribution in [3.05, 3.63) is 72.3 Å². The van der Waals surface area contributed by atoms with Gasteiger partial charge in [0, 0.05) is 18.0 Å². The van der Waals surface area contributed by atoms with E-state index < -0.39 is 28.5 Å². The molecular formula is C29H37N3O5S. The summed E-state index contributed by atoms with van der Waals surface area (Å²) in [5.74, 6) is -0.0579. The van der Waals surface area contributed by atoms with E-state index in [0.29, 0.717) is 17.9 Å². The summed E-state index contributed by atoms with van der Waals surface area (Å²) in [6.07, 6.45) is 2.21. The molecule has 204 valence electrons. The van der Waals surface area contributed by atoms with Crippen LogP contribution in [-0.2, 0) is 26.2 Å². The highest BCUT2D eigenvalue weighted by atomic mass is 32.2. The molecule has 3 aromatic carbocycles. The minimum Gasteiger partial charge on any atom is -0.497 e. The van der Waals surface area contributed by atoms with Gasteiger partial charge in [-0.05, 0) is 48.9 Å². The maximum Gasteiger partial charge on any atom is 0.244 e. The van der Waals surface area contributed by atoms with Gasteiger partial charge in [-0.25, -0.2) is 8.42 Å². The highest BCUT2D eigenvalue weighted by molar-refractivity contribution is 7.92. The first-order chi connectivity index (χ1) is 18.1. The average Bonchev–Trinajstić information content (AvgIpc) is 2.90. The van der Waals surface area contributed by atoms with Crippen molar-refractivity contribution in [2.24, 2.45) is 0 Å². The third kappa shape index (κ3) is 7.04. The van der Waals surface area contributed by atoms with Crippen molar-refractivity contribution < 1.29 is 22.7 Å². The Hall–Kier alpha value is -3.59. The normalized spacial score (nSPS) is 13.0. The molecule has 1 N–H and O–H groups in total. The molecule has 2 atom stereocenters. The number of amides is 2. The van der Waals surface area contributed by atoms with Crippen LogP contribution in [0.15, 0.2) is 66.7 Å². The maximum absolute atomic E-state index is 13.9. The van der Waals surface area contributed by atoms with Gasteiger partial charge in [0.15, 0.2) is 0 Å². The van der Waals surface area contributed by atoms with E-state index in [0.717, 1.165) is 33.3 Å². The second-order valence-electron chi connectivity index (χ2n) is 9.38. The number of sulfonamides is 1. The second-order valence-corrected chi connectivity index (χ2v) is 11.3. The van der Waals surface area contributed by atoms with Crippen LogP contribution >= 0.6 is 0 Å². The van der Waals surface area contributed by atoms with Crippen LogP contribution < -0.4 is 14.4 Å². The number of rotatable bonds is 12. The summed E-state index contributed by atoms with van der Waals surface area (Å²) < 4.78 is 32.3. The SMILES string of the molecule is CC[C@H](C)NC(=O)[C@H](CC)N(Cc1ccc(OC)cc1)C(=O)CN(c1cccc2ccccc12)S(C)(=O)=O. The lowest BCUT2D eigenvalue weighted by atomic mass is 10.1. The minimum atomic E-state index is -3.83. The Morgan fingerprint density at radius 2 is 1.61 bits per heavy atom. The number of carbonyl (C=O) groups is 2. The predicted molar refractivity (Wildman–Crippen MR) is 152 cm³/mol. The fourth-order valence-electron chi connectivity index (χ4n) is 4.31. The van der Waals surface area contributed by atoms with E-state index in [9.17, 15) is 18.0 Å². The number of nitrogens with one attached hydrogen (secondary N) is 1. The smallest absolute Gasteiger partial charge is 0.244 e. The van der Waals surface area contributed by atoms with E-state index in [4.69, 9.17) is 4.74 Å². The van der Waals surface area contributed by atoms with Crippen LogP contribution in [0.1, 0.15) is 39.2 Å². The molecule has 0 aromatic heterocycles. The molecule has 3 aromatic rings. The fraction of sp³-hybridized carbons (Fsp3) is 0.379. The Bertz CT molecular complexity index is 1350. The summed E-state index contributed by atoms with van der Waals surface area (Å²) in [5.41, 5.74) is 1.21. The quantitative estimate of drug-likeness (QED) is 0.370. The number of ether oxygens (including phenoxy) is 1. The molecule has 3 rings (SSSR count). The van der Waals surface area contributed by atoms with Crippen LogP contribution in [0, 0.1) is 0 Å². The van der Waals surface area contributed by atoms with Gasteiger partial charge in [0.05, 0.1) is 19.1 Å². The molecule has 0 aliphatic heterocycles.